The average Bonchev–Trinajstić information content (AvgIpc) is 3.27. The van der Waals surface area contributed by atoms with Crippen LogP contribution in [0, 0.1) is 11.8 Å². The number of carbonyl (C=O) groups excluding carboxylic acids is 2. The van der Waals surface area contributed by atoms with Gasteiger partial charge in [0.05, 0.1) is 12.1 Å². The lowest BCUT2D eigenvalue weighted by Crippen LogP contribution is -2.43. The fourth-order valence-corrected chi connectivity index (χ4v) is 4.34. The van der Waals surface area contributed by atoms with Gasteiger partial charge in [-0.2, -0.15) is 5.10 Å². The normalized spacial score (nSPS) is 14.4. The molecular formula is C27H31ClN4O2. The zero-order chi connectivity index (χ0) is 24.1. The fraction of sp³-hybridized carbons (Fsp3) is 0.370. The van der Waals surface area contributed by atoms with E-state index in [1.54, 1.807) is 0 Å². The van der Waals surface area contributed by atoms with Gasteiger partial charge in [0, 0.05) is 42.3 Å². The quantitative estimate of drug-likeness (QED) is 0.526. The minimum absolute atomic E-state index is 0.0423. The first-order valence-corrected chi connectivity index (χ1v) is 12.2. The molecule has 2 heterocycles. The van der Waals surface area contributed by atoms with Gasteiger partial charge in [-0.1, -0.05) is 67.9 Å². The largest absolute Gasteiger partial charge is 0.356 e. The number of halogens is 1. The highest BCUT2D eigenvalue weighted by Gasteiger charge is 2.30. The molecule has 0 radical (unpaired) electrons. The molecule has 1 aliphatic heterocycles. The van der Waals surface area contributed by atoms with Gasteiger partial charge in [0.15, 0.2) is 0 Å². The van der Waals surface area contributed by atoms with Crippen molar-refractivity contribution in [1.82, 2.24) is 20.0 Å². The topological polar surface area (TPSA) is 67.2 Å². The van der Waals surface area contributed by atoms with E-state index in [0.717, 1.165) is 11.1 Å². The van der Waals surface area contributed by atoms with Crippen LogP contribution in [0.4, 0.5) is 0 Å². The third kappa shape index (κ3) is 5.86. The highest BCUT2D eigenvalue weighted by atomic mass is 35.5. The van der Waals surface area contributed by atoms with Crippen molar-refractivity contribution in [1.29, 1.82) is 0 Å². The molecule has 1 aliphatic rings. The van der Waals surface area contributed by atoms with Gasteiger partial charge in [-0.25, -0.2) is 0 Å². The maximum Gasteiger partial charge on any atom is 0.257 e. The summed E-state index contributed by atoms with van der Waals surface area (Å²) in [5.74, 6) is 0.423. The first-order valence-electron chi connectivity index (χ1n) is 11.8. The van der Waals surface area contributed by atoms with E-state index in [1.165, 1.54) is 0 Å². The Bertz CT molecular complexity index is 1120. The lowest BCUT2D eigenvalue weighted by molar-refractivity contribution is -0.126. The Hall–Kier alpha value is -3.12. The van der Waals surface area contributed by atoms with Crippen LogP contribution in [0.3, 0.4) is 0 Å². The molecule has 2 aromatic carbocycles. The van der Waals surface area contributed by atoms with Crippen LogP contribution in [0.5, 0.6) is 0 Å². The molecule has 1 N–H and O–H groups in total. The lowest BCUT2D eigenvalue weighted by atomic mass is 9.95. The maximum absolute atomic E-state index is 13.6. The smallest absolute Gasteiger partial charge is 0.257 e. The van der Waals surface area contributed by atoms with Crippen molar-refractivity contribution >= 4 is 23.4 Å². The first-order chi connectivity index (χ1) is 16.4. The van der Waals surface area contributed by atoms with Crippen LogP contribution in [0.2, 0.25) is 5.02 Å². The lowest BCUT2D eigenvalue weighted by Gasteiger charge is -2.31. The molecule has 0 saturated carbocycles. The van der Waals surface area contributed by atoms with Gasteiger partial charge in [-0.3, -0.25) is 14.3 Å². The molecule has 7 heteroatoms. The Morgan fingerprint density at radius 3 is 2.38 bits per heavy atom. The van der Waals surface area contributed by atoms with Crippen LogP contribution >= 0.6 is 11.6 Å². The number of hydrogen-bond acceptors (Lipinski definition) is 3. The number of benzene rings is 2. The van der Waals surface area contributed by atoms with Crippen LogP contribution in [-0.2, 0) is 11.3 Å². The average molecular weight is 479 g/mol. The summed E-state index contributed by atoms with van der Waals surface area (Å²) in [4.78, 5) is 27.9. The van der Waals surface area contributed by atoms with Crippen molar-refractivity contribution < 1.29 is 9.59 Å². The van der Waals surface area contributed by atoms with Crippen molar-refractivity contribution in [3.63, 3.8) is 0 Å². The molecule has 4 rings (SSSR count). The molecule has 0 bridgehead atoms. The first kappa shape index (κ1) is 24.0. The predicted octanol–water partition coefficient (Wildman–Crippen LogP) is 4.88. The minimum Gasteiger partial charge on any atom is -0.356 e. The molecule has 3 aromatic rings. The molecule has 0 spiro atoms. The molecule has 1 fully saturated rings. The molecule has 178 valence electrons. The van der Waals surface area contributed by atoms with Crippen molar-refractivity contribution in [3.05, 3.63) is 76.9 Å². The molecule has 6 nitrogen and oxygen atoms in total. The number of carbonyl (C=O) groups is 2. The Morgan fingerprint density at radius 1 is 1.06 bits per heavy atom. The molecule has 1 saturated heterocycles. The predicted molar refractivity (Wildman–Crippen MR) is 135 cm³/mol. The Kier molecular flexibility index (Phi) is 7.68. The van der Waals surface area contributed by atoms with Crippen LogP contribution in [0.1, 0.15) is 42.6 Å². The van der Waals surface area contributed by atoms with Gasteiger partial charge in [0.2, 0.25) is 5.91 Å². The van der Waals surface area contributed by atoms with E-state index in [1.807, 2.05) is 70.4 Å². The summed E-state index contributed by atoms with van der Waals surface area (Å²) in [6, 6.07) is 17.4. The van der Waals surface area contributed by atoms with E-state index < -0.39 is 0 Å². The maximum atomic E-state index is 13.6. The van der Waals surface area contributed by atoms with E-state index in [9.17, 15) is 9.59 Å². The van der Waals surface area contributed by atoms with Crippen LogP contribution < -0.4 is 5.32 Å². The second-order valence-corrected chi connectivity index (χ2v) is 9.72. The molecule has 0 unspecified atom stereocenters. The number of piperidine rings is 1. The summed E-state index contributed by atoms with van der Waals surface area (Å²) in [5, 5.41) is 8.43. The zero-order valence-electron chi connectivity index (χ0n) is 19.7. The minimum atomic E-state index is -0.0506. The summed E-state index contributed by atoms with van der Waals surface area (Å²) in [6.45, 7) is 6.54. The van der Waals surface area contributed by atoms with Crippen molar-refractivity contribution in [3.8, 4) is 11.3 Å². The van der Waals surface area contributed by atoms with Crippen LogP contribution in [-0.4, -0.2) is 46.1 Å². The van der Waals surface area contributed by atoms with Gasteiger partial charge in [-0.05, 0) is 36.5 Å². The monoisotopic (exact) mass is 478 g/mol. The van der Waals surface area contributed by atoms with E-state index in [2.05, 4.69) is 19.2 Å². The third-order valence-corrected chi connectivity index (χ3v) is 6.39. The summed E-state index contributed by atoms with van der Waals surface area (Å²) in [6.07, 6.45) is 3.18. The molecule has 34 heavy (non-hydrogen) atoms. The molecule has 0 atom stereocenters. The molecule has 0 aliphatic carbocycles. The Morgan fingerprint density at radius 2 is 1.74 bits per heavy atom. The van der Waals surface area contributed by atoms with E-state index in [-0.39, 0.29) is 17.7 Å². The SMILES string of the molecule is CC(C)CNC(=O)C1CCN(C(=O)c2cn(Cc3ccccc3)nc2-c2ccc(Cl)cc2)CC1. The number of aromatic nitrogens is 2. The summed E-state index contributed by atoms with van der Waals surface area (Å²) >= 11 is 6.08. The Balaban J connectivity index is 1.52. The fourth-order valence-electron chi connectivity index (χ4n) is 4.21. The number of nitrogens with one attached hydrogen (secondary N) is 1. The Labute approximate surface area is 205 Å². The third-order valence-electron chi connectivity index (χ3n) is 6.13. The van der Waals surface area contributed by atoms with E-state index in [4.69, 9.17) is 16.7 Å². The summed E-state index contributed by atoms with van der Waals surface area (Å²) in [5.41, 5.74) is 3.18. The number of rotatable bonds is 7. The van der Waals surface area contributed by atoms with Gasteiger partial charge >= 0.3 is 0 Å². The van der Waals surface area contributed by atoms with Gasteiger partial charge < -0.3 is 10.2 Å². The highest BCUT2D eigenvalue weighted by Crippen LogP contribution is 2.27. The van der Waals surface area contributed by atoms with Crippen LogP contribution in [0.15, 0.2) is 60.8 Å². The van der Waals surface area contributed by atoms with Crippen molar-refractivity contribution in [2.75, 3.05) is 19.6 Å². The summed E-state index contributed by atoms with van der Waals surface area (Å²) < 4.78 is 1.82. The zero-order valence-corrected chi connectivity index (χ0v) is 20.5. The second kappa shape index (κ2) is 10.9. The van der Waals surface area contributed by atoms with Crippen molar-refractivity contribution in [2.24, 2.45) is 11.8 Å². The standard InChI is InChI=1S/C27H31ClN4O2/c1-19(2)16-29-26(33)22-12-14-31(15-13-22)27(34)24-18-32(17-20-6-4-3-5-7-20)30-25(24)21-8-10-23(28)11-9-21/h3-11,18-19,22H,12-17H2,1-2H3,(H,29,33). The molecule has 1 aromatic heterocycles. The number of likely N-dealkylation sites (tertiary alicyclic amines) is 1. The van der Waals surface area contributed by atoms with Crippen molar-refractivity contribution in [2.45, 2.75) is 33.2 Å². The molecule has 2 amide bonds. The van der Waals surface area contributed by atoms with E-state index in [0.29, 0.717) is 61.2 Å². The number of hydrogen-bond donors (Lipinski definition) is 1. The number of amides is 2. The van der Waals surface area contributed by atoms with Gasteiger partial charge in [-0.15, -0.1) is 0 Å². The highest BCUT2D eigenvalue weighted by molar-refractivity contribution is 6.30. The van der Waals surface area contributed by atoms with Gasteiger partial charge in [0.1, 0.15) is 5.69 Å². The van der Waals surface area contributed by atoms with Gasteiger partial charge in [0.25, 0.3) is 5.91 Å². The van der Waals surface area contributed by atoms with E-state index >= 15 is 0 Å². The number of nitrogens with zero attached hydrogens (tertiary/aromatic N) is 3. The second-order valence-electron chi connectivity index (χ2n) is 9.29. The summed E-state index contributed by atoms with van der Waals surface area (Å²) in [7, 11) is 0. The molecular weight excluding hydrogens is 448 g/mol. The van der Waals surface area contributed by atoms with Crippen LogP contribution in [0.25, 0.3) is 11.3 Å².